The molecule has 0 N–H and O–H groups in total. The van der Waals surface area contributed by atoms with E-state index in [1.807, 2.05) is 13.0 Å². The molecule has 0 amide bonds. The summed E-state index contributed by atoms with van der Waals surface area (Å²) in [5, 5.41) is -0.0162. The molecular weight excluding hydrogens is 226 g/mol. The summed E-state index contributed by atoms with van der Waals surface area (Å²) in [6.45, 7) is 5.95. The molecule has 13 heavy (non-hydrogen) atoms. The van der Waals surface area contributed by atoms with Gasteiger partial charge in [-0.05, 0) is 19.8 Å². The Morgan fingerprint density at radius 2 is 2.23 bits per heavy atom. The SMILES string of the molecule is C=C1CC(C)(Cl)C(Cl)CC1/C=C/Cl. The Hall–Kier alpha value is 0.350. The van der Waals surface area contributed by atoms with E-state index in [0.717, 1.165) is 18.4 Å². The topological polar surface area (TPSA) is 0 Å². The highest BCUT2D eigenvalue weighted by Crippen LogP contribution is 2.42. The van der Waals surface area contributed by atoms with Crippen LogP contribution in [0.2, 0.25) is 0 Å². The lowest BCUT2D eigenvalue weighted by Gasteiger charge is -2.37. The number of rotatable bonds is 1. The summed E-state index contributed by atoms with van der Waals surface area (Å²) < 4.78 is 0. The first kappa shape index (κ1) is 11.4. The Balaban J connectivity index is 2.73. The molecule has 0 nitrogen and oxygen atoms in total. The molecule has 0 aliphatic heterocycles. The molecule has 1 fully saturated rings. The van der Waals surface area contributed by atoms with Crippen LogP contribution >= 0.6 is 34.8 Å². The van der Waals surface area contributed by atoms with Gasteiger partial charge in [-0.25, -0.2) is 0 Å². The zero-order valence-electron chi connectivity index (χ0n) is 7.56. The molecule has 1 rings (SSSR count). The van der Waals surface area contributed by atoms with E-state index in [-0.39, 0.29) is 16.2 Å². The zero-order chi connectivity index (χ0) is 10.1. The second kappa shape index (κ2) is 4.25. The average molecular weight is 240 g/mol. The maximum absolute atomic E-state index is 6.23. The van der Waals surface area contributed by atoms with Crippen molar-refractivity contribution in [2.24, 2.45) is 5.92 Å². The number of hydrogen-bond donors (Lipinski definition) is 0. The van der Waals surface area contributed by atoms with Crippen molar-refractivity contribution in [2.45, 2.75) is 30.0 Å². The molecule has 0 spiro atoms. The van der Waals surface area contributed by atoms with Gasteiger partial charge in [0.2, 0.25) is 0 Å². The largest absolute Gasteiger partial charge is 0.121 e. The maximum atomic E-state index is 6.23. The molecule has 74 valence electrons. The molecule has 3 heteroatoms. The smallest absolute Gasteiger partial charge is 0.0619 e. The second-order valence-corrected chi connectivity index (χ2v) is 5.38. The third kappa shape index (κ3) is 2.65. The molecule has 0 saturated heterocycles. The van der Waals surface area contributed by atoms with Crippen LogP contribution in [0, 0.1) is 5.92 Å². The quantitative estimate of drug-likeness (QED) is 0.472. The lowest BCUT2D eigenvalue weighted by molar-refractivity contribution is 0.444. The van der Waals surface area contributed by atoms with Crippen LogP contribution < -0.4 is 0 Å². The van der Waals surface area contributed by atoms with Crippen LogP contribution in [-0.4, -0.2) is 10.3 Å². The van der Waals surface area contributed by atoms with E-state index < -0.39 is 0 Å². The first-order valence-electron chi connectivity index (χ1n) is 4.25. The number of alkyl halides is 2. The second-order valence-electron chi connectivity index (χ2n) is 3.74. The van der Waals surface area contributed by atoms with Gasteiger partial charge in [0, 0.05) is 11.5 Å². The van der Waals surface area contributed by atoms with Crippen molar-refractivity contribution in [3.05, 3.63) is 23.8 Å². The Kier molecular flexibility index (Phi) is 3.73. The Bertz CT molecular complexity index is 230. The van der Waals surface area contributed by atoms with Gasteiger partial charge in [0.1, 0.15) is 0 Å². The molecule has 0 aromatic carbocycles. The molecule has 0 aromatic heterocycles. The van der Waals surface area contributed by atoms with E-state index in [4.69, 9.17) is 34.8 Å². The van der Waals surface area contributed by atoms with Crippen LogP contribution in [0.25, 0.3) is 0 Å². The highest BCUT2D eigenvalue weighted by molar-refractivity contribution is 6.32. The van der Waals surface area contributed by atoms with Crippen molar-refractivity contribution < 1.29 is 0 Å². The van der Waals surface area contributed by atoms with Crippen LogP contribution in [-0.2, 0) is 0 Å². The maximum Gasteiger partial charge on any atom is 0.0619 e. The van der Waals surface area contributed by atoms with E-state index in [0.29, 0.717) is 0 Å². The molecule has 0 radical (unpaired) electrons. The number of hydrogen-bond acceptors (Lipinski definition) is 0. The first-order chi connectivity index (χ1) is 5.97. The minimum atomic E-state index is -0.352. The van der Waals surface area contributed by atoms with Gasteiger partial charge in [-0.1, -0.05) is 29.8 Å². The predicted molar refractivity (Wildman–Crippen MR) is 60.8 cm³/mol. The Labute approximate surface area is 94.5 Å². The van der Waals surface area contributed by atoms with Gasteiger partial charge in [-0.15, -0.1) is 23.2 Å². The summed E-state index contributed by atoms with van der Waals surface area (Å²) >= 11 is 17.9. The van der Waals surface area contributed by atoms with Gasteiger partial charge in [-0.3, -0.25) is 0 Å². The molecule has 0 aromatic rings. The van der Waals surface area contributed by atoms with Gasteiger partial charge in [0.25, 0.3) is 0 Å². The van der Waals surface area contributed by atoms with Crippen LogP contribution in [0.1, 0.15) is 19.8 Å². The zero-order valence-corrected chi connectivity index (χ0v) is 9.83. The molecule has 3 atom stereocenters. The third-order valence-corrected chi connectivity index (χ3v) is 3.83. The van der Waals surface area contributed by atoms with Gasteiger partial charge in [-0.2, -0.15) is 0 Å². The lowest BCUT2D eigenvalue weighted by Crippen LogP contribution is -2.37. The Morgan fingerprint density at radius 3 is 2.77 bits per heavy atom. The Morgan fingerprint density at radius 1 is 1.62 bits per heavy atom. The molecule has 0 heterocycles. The standard InChI is InChI=1S/C10H13Cl3/c1-7-6-10(2,13)9(12)5-8(7)3-4-11/h3-4,8-9H,1,5-6H2,2H3/b4-3+. The van der Waals surface area contributed by atoms with Gasteiger partial charge in [0.15, 0.2) is 0 Å². The third-order valence-electron chi connectivity index (χ3n) is 2.52. The fourth-order valence-electron chi connectivity index (χ4n) is 1.62. The average Bonchev–Trinajstić information content (AvgIpc) is 2.00. The van der Waals surface area contributed by atoms with Gasteiger partial charge >= 0.3 is 0 Å². The predicted octanol–water partition coefficient (Wildman–Crippen LogP) is 4.31. The number of allylic oxidation sites excluding steroid dienone is 2. The lowest BCUT2D eigenvalue weighted by atomic mass is 9.79. The first-order valence-corrected chi connectivity index (χ1v) is 5.50. The van der Waals surface area contributed by atoms with E-state index in [9.17, 15) is 0 Å². The highest BCUT2D eigenvalue weighted by atomic mass is 35.5. The van der Waals surface area contributed by atoms with Gasteiger partial charge < -0.3 is 0 Å². The summed E-state index contributed by atoms with van der Waals surface area (Å²) in [7, 11) is 0. The van der Waals surface area contributed by atoms with E-state index in [1.165, 1.54) is 5.54 Å². The van der Waals surface area contributed by atoms with Crippen LogP contribution in [0.5, 0.6) is 0 Å². The highest BCUT2D eigenvalue weighted by Gasteiger charge is 2.38. The summed E-state index contributed by atoms with van der Waals surface area (Å²) in [4.78, 5) is -0.352. The van der Waals surface area contributed by atoms with Crippen molar-refractivity contribution in [1.82, 2.24) is 0 Å². The minimum absolute atomic E-state index is 0.0162. The molecule has 1 aliphatic rings. The van der Waals surface area contributed by atoms with Crippen LogP contribution in [0.4, 0.5) is 0 Å². The fourth-order valence-corrected chi connectivity index (χ4v) is 2.33. The van der Waals surface area contributed by atoms with Crippen molar-refractivity contribution in [2.75, 3.05) is 0 Å². The molecule has 1 aliphatic carbocycles. The van der Waals surface area contributed by atoms with Crippen molar-refractivity contribution in [3.63, 3.8) is 0 Å². The number of halogens is 3. The fraction of sp³-hybridized carbons (Fsp3) is 0.600. The molecule has 1 saturated carbocycles. The minimum Gasteiger partial charge on any atom is -0.121 e. The van der Waals surface area contributed by atoms with Crippen LogP contribution in [0.3, 0.4) is 0 Å². The van der Waals surface area contributed by atoms with Crippen molar-refractivity contribution in [3.8, 4) is 0 Å². The van der Waals surface area contributed by atoms with Crippen LogP contribution in [0.15, 0.2) is 23.8 Å². The van der Waals surface area contributed by atoms with E-state index in [1.54, 1.807) is 0 Å². The summed E-state index contributed by atoms with van der Waals surface area (Å²) in [5.74, 6) is 0.284. The van der Waals surface area contributed by atoms with Crippen molar-refractivity contribution >= 4 is 34.8 Å². The molecule has 3 unspecified atom stereocenters. The van der Waals surface area contributed by atoms with E-state index in [2.05, 4.69) is 6.58 Å². The van der Waals surface area contributed by atoms with Gasteiger partial charge in [0.05, 0.1) is 10.3 Å². The summed E-state index contributed by atoms with van der Waals surface area (Å²) in [6, 6.07) is 0. The monoisotopic (exact) mass is 238 g/mol. The normalized spacial score (nSPS) is 41.4. The summed E-state index contributed by atoms with van der Waals surface area (Å²) in [5.41, 5.74) is 2.64. The molecular formula is C10H13Cl3. The summed E-state index contributed by atoms with van der Waals surface area (Å²) in [6.07, 6.45) is 3.50. The van der Waals surface area contributed by atoms with Crippen molar-refractivity contribution in [1.29, 1.82) is 0 Å². The molecule has 0 bridgehead atoms. The van der Waals surface area contributed by atoms with E-state index >= 15 is 0 Å².